The SMILES string of the molecule is Cc1ccc(OC[C@@H](C)NC(=O)[C@@H]2CCCN(S(=O)(=O)c3ccc(Cl)cc3)C2)cc1. The summed E-state index contributed by atoms with van der Waals surface area (Å²) in [4.78, 5) is 12.9. The Morgan fingerprint density at radius 1 is 1.20 bits per heavy atom. The van der Waals surface area contributed by atoms with Crippen LogP contribution in [0.2, 0.25) is 5.02 Å². The molecule has 1 saturated heterocycles. The summed E-state index contributed by atoms with van der Waals surface area (Å²) >= 11 is 5.86. The van der Waals surface area contributed by atoms with E-state index < -0.39 is 10.0 Å². The van der Waals surface area contributed by atoms with Crippen molar-refractivity contribution in [3.8, 4) is 5.75 Å². The van der Waals surface area contributed by atoms with Gasteiger partial charge < -0.3 is 10.1 Å². The third kappa shape index (κ3) is 5.74. The van der Waals surface area contributed by atoms with Gasteiger partial charge in [0.25, 0.3) is 0 Å². The molecule has 1 fully saturated rings. The van der Waals surface area contributed by atoms with Crippen molar-refractivity contribution in [3.05, 3.63) is 59.1 Å². The van der Waals surface area contributed by atoms with Crippen LogP contribution >= 0.6 is 11.6 Å². The summed E-state index contributed by atoms with van der Waals surface area (Å²) in [6, 6.07) is 13.6. The van der Waals surface area contributed by atoms with E-state index in [0.717, 1.165) is 11.3 Å². The Hall–Kier alpha value is -2.09. The van der Waals surface area contributed by atoms with Crippen molar-refractivity contribution in [2.45, 2.75) is 37.6 Å². The van der Waals surface area contributed by atoms with Gasteiger partial charge in [0.15, 0.2) is 0 Å². The van der Waals surface area contributed by atoms with Crippen LogP contribution in [0, 0.1) is 12.8 Å². The summed E-state index contributed by atoms with van der Waals surface area (Å²) in [7, 11) is -3.65. The van der Waals surface area contributed by atoms with Crippen LogP contribution in [0.5, 0.6) is 5.75 Å². The summed E-state index contributed by atoms with van der Waals surface area (Å²) < 4.78 is 32.9. The first-order chi connectivity index (χ1) is 14.3. The molecule has 3 rings (SSSR count). The number of sulfonamides is 1. The number of halogens is 1. The summed E-state index contributed by atoms with van der Waals surface area (Å²) in [6.45, 7) is 4.79. The molecule has 1 aliphatic heterocycles. The predicted molar refractivity (Wildman–Crippen MR) is 117 cm³/mol. The summed E-state index contributed by atoms with van der Waals surface area (Å²) in [5.74, 6) is 0.216. The minimum absolute atomic E-state index is 0.147. The van der Waals surface area contributed by atoms with Crippen LogP contribution in [0.1, 0.15) is 25.3 Å². The molecule has 0 aliphatic carbocycles. The molecule has 0 aromatic heterocycles. The lowest BCUT2D eigenvalue weighted by molar-refractivity contribution is -0.126. The molecule has 0 saturated carbocycles. The first kappa shape index (κ1) is 22.6. The lowest BCUT2D eigenvalue weighted by Gasteiger charge is -2.31. The number of piperidine rings is 1. The molecule has 0 unspecified atom stereocenters. The Labute approximate surface area is 183 Å². The van der Waals surface area contributed by atoms with Crippen LogP contribution in [-0.4, -0.2) is 44.4 Å². The third-order valence-corrected chi connectivity index (χ3v) is 7.25. The maximum absolute atomic E-state index is 12.9. The minimum atomic E-state index is -3.65. The van der Waals surface area contributed by atoms with Gasteiger partial charge in [0.2, 0.25) is 15.9 Å². The molecule has 1 amide bonds. The normalized spacial score (nSPS) is 18.6. The van der Waals surface area contributed by atoms with E-state index >= 15 is 0 Å². The van der Waals surface area contributed by atoms with Gasteiger partial charge in [0.1, 0.15) is 12.4 Å². The summed E-state index contributed by atoms with van der Waals surface area (Å²) in [6.07, 6.45) is 1.29. The molecular weight excluding hydrogens is 424 g/mol. The summed E-state index contributed by atoms with van der Waals surface area (Å²) in [5.41, 5.74) is 1.15. The highest BCUT2D eigenvalue weighted by Crippen LogP contribution is 2.25. The standard InChI is InChI=1S/C22H27ClN2O4S/c1-16-5-9-20(10-6-16)29-15-17(2)24-22(26)18-4-3-13-25(14-18)30(27,28)21-11-7-19(23)8-12-21/h5-12,17-18H,3-4,13-15H2,1-2H3,(H,24,26)/t17-,18-/m1/s1. The maximum atomic E-state index is 12.9. The molecule has 30 heavy (non-hydrogen) atoms. The van der Waals surface area contributed by atoms with Gasteiger partial charge in [-0.15, -0.1) is 0 Å². The molecule has 2 atom stereocenters. The van der Waals surface area contributed by atoms with Crippen molar-refractivity contribution in [1.29, 1.82) is 0 Å². The fraction of sp³-hybridized carbons (Fsp3) is 0.409. The number of rotatable bonds is 7. The van der Waals surface area contributed by atoms with Gasteiger partial charge in [0.05, 0.1) is 16.9 Å². The molecule has 1 heterocycles. The van der Waals surface area contributed by atoms with Gasteiger partial charge in [-0.2, -0.15) is 4.31 Å². The average Bonchev–Trinajstić information content (AvgIpc) is 2.74. The number of amides is 1. The molecular formula is C22H27ClN2O4S. The van der Waals surface area contributed by atoms with Crippen molar-refractivity contribution in [3.63, 3.8) is 0 Å². The molecule has 0 bridgehead atoms. The average molecular weight is 451 g/mol. The Kier molecular flexibility index (Phi) is 7.39. The van der Waals surface area contributed by atoms with Crippen LogP contribution in [-0.2, 0) is 14.8 Å². The number of hydrogen-bond donors (Lipinski definition) is 1. The smallest absolute Gasteiger partial charge is 0.243 e. The highest BCUT2D eigenvalue weighted by molar-refractivity contribution is 7.89. The van der Waals surface area contributed by atoms with Crippen LogP contribution in [0.4, 0.5) is 0 Å². The van der Waals surface area contributed by atoms with Crippen molar-refractivity contribution in [2.75, 3.05) is 19.7 Å². The maximum Gasteiger partial charge on any atom is 0.243 e. The lowest BCUT2D eigenvalue weighted by Crippen LogP contribution is -2.48. The highest BCUT2D eigenvalue weighted by atomic mass is 35.5. The van der Waals surface area contributed by atoms with E-state index in [1.807, 2.05) is 38.1 Å². The van der Waals surface area contributed by atoms with Gasteiger partial charge in [-0.1, -0.05) is 29.3 Å². The minimum Gasteiger partial charge on any atom is -0.491 e. The highest BCUT2D eigenvalue weighted by Gasteiger charge is 2.33. The quantitative estimate of drug-likeness (QED) is 0.698. The number of nitrogens with zero attached hydrogens (tertiary/aromatic N) is 1. The van der Waals surface area contributed by atoms with Crippen molar-refractivity contribution in [1.82, 2.24) is 9.62 Å². The van der Waals surface area contributed by atoms with Gasteiger partial charge in [0, 0.05) is 18.1 Å². The van der Waals surface area contributed by atoms with Gasteiger partial charge in [-0.3, -0.25) is 4.79 Å². The predicted octanol–water partition coefficient (Wildman–Crippen LogP) is 3.63. The molecule has 0 spiro atoms. The Bertz CT molecular complexity index is 962. The van der Waals surface area contributed by atoms with Crippen LogP contribution < -0.4 is 10.1 Å². The second kappa shape index (κ2) is 9.81. The first-order valence-corrected chi connectivity index (χ1v) is 11.8. The first-order valence-electron chi connectivity index (χ1n) is 10.0. The zero-order valence-corrected chi connectivity index (χ0v) is 18.7. The second-order valence-corrected chi connectivity index (χ2v) is 10.1. The van der Waals surface area contributed by atoms with E-state index in [1.165, 1.54) is 16.4 Å². The fourth-order valence-electron chi connectivity index (χ4n) is 3.39. The van der Waals surface area contributed by atoms with Crippen molar-refractivity contribution < 1.29 is 17.9 Å². The third-order valence-electron chi connectivity index (χ3n) is 5.12. The molecule has 1 N–H and O–H groups in total. The van der Waals surface area contributed by atoms with Gasteiger partial charge >= 0.3 is 0 Å². The summed E-state index contributed by atoms with van der Waals surface area (Å²) in [5, 5.41) is 3.43. The van der Waals surface area contributed by atoms with E-state index in [2.05, 4.69) is 5.32 Å². The van der Waals surface area contributed by atoms with Crippen molar-refractivity contribution in [2.24, 2.45) is 5.92 Å². The number of hydrogen-bond acceptors (Lipinski definition) is 4. The van der Waals surface area contributed by atoms with E-state index in [1.54, 1.807) is 12.1 Å². The Balaban J connectivity index is 1.55. The monoisotopic (exact) mass is 450 g/mol. The van der Waals surface area contributed by atoms with Crippen LogP contribution in [0.3, 0.4) is 0 Å². The number of ether oxygens (including phenoxy) is 1. The zero-order valence-electron chi connectivity index (χ0n) is 17.2. The number of nitrogens with one attached hydrogen (secondary N) is 1. The van der Waals surface area contributed by atoms with Crippen molar-refractivity contribution >= 4 is 27.5 Å². The molecule has 8 heteroatoms. The van der Waals surface area contributed by atoms with E-state index in [0.29, 0.717) is 31.0 Å². The molecule has 1 aliphatic rings. The zero-order chi connectivity index (χ0) is 21.7. The van der Waals surface area contributed by atoms with E-state index in [-0.39, 0.29) is 29.3 Å². The largest absolute Gasteiger partial charge is 0.491 e. The molecule has 6 nitrogen and oxygen atoms in total. The van der Waals surface area contributed by atoms with Gasteiger partial charge in [-0.05, 0) is 63.1 Å². The number of carbonyl (C=O) groups excluding carboxylic acids is 1. The van der Waals surface area contributed by atoms with E-state index in [4.69, 9.17) is 16.3 Å². The number of carbonyl (C=O) groups is 1. The Morgan fingerprint density at radius 2 is 1.87 bits per heavy atom. The number of benzene rings is 2. The molecule has 162 valence electrons. The van der Waals surface area contributed by atoms with Gasteiger partial charge in [-0.25, -0.2) is 8.42 Å². The second-order valence-electron chi connectivity index (χ2n) is 7.69. The topological polar surface area (TPSA) is 75.7 Å². The van der Waals surface area contributed by atoms with Crippen LogP contribution in [0.15, 0.2) is 53.4 Å². The molecule has 2 aromatic rings. The molecule has 2 aromatic carbocycles. The van der Waals surface area contributed by atoms with E-state index in [9.17, 15) is 13.2 Å². The molecule has 0 radical (unpaired) electrons. The fourth-order valence-corrected chi connectivity index (χ4v) is 5.04. The van der Waals surface area contributed by atoms with Crippen LogP contribution in [0.25, 0.3) is 0 Å². The Morgan fingerprint density at radius 3 is 2.53 bits per heavy atom. The lowest BCUT2D eigenvalue weighted by atomic mass is 9.98. The number of aryl methyl sites for hydroxylation is 1.